The van der Waals surface area contributed by atoms with Crippen LogP contribution in [0.25, 0.3) is 6.08 Å². The number of hydrogen-bond acceptors (Lipinski definition) is 3. The van der Waals surface area contributed by atoms with Crippen molar-refractivity contribution >= 4 is 16.1 Å². The number of rotatable bonds is 7. The van der Waals surface area contributed by atoms with Crippen LogP contribution in [0.4, 0.5) is 0 Å². The third-order valence-electron chi connectivity index (χ3n) is 2.78. The zero-order chi connectivity index (χ0) is 15.2. The van der Waals surface area contributed by atoms with Crippen LogP contribution in [0.1, 0.15) is 31.4 Å². The molecule has 0 radical (unpaired) electrons. The smallest absolute Gasteiger partial charge is 0.233 e. The molecule has 1 aromatic carbocycles. The highest BCUT2D eigenvalue weighted by Gasteiger charge is 2.11. The zero-order valence-electron chi connectivity index (χ0n) is 12.2. The van der Waals surface area contributed by atoms with Crippen LogP contribution in [0.15, 0.2) is 29.7 Å². The Kier molecular flexibility index (Phi) is 6.39. The van der Waals surface area contributed by atoms with Crippen molar-refractivity contribution in [3.63, 3.8) is 0 Å². The highest BCUT2D eigenvalue weighted by atomic mass is 32.2. The van der Waals surface area contributed by atoms with Crippen LogP contribution in [0.2, 0.25) is 0 Å². The van der Waals surface area contributed by atoms with Gasteiger partial charge in [0.25, 0.3) is 0 Å². The lowest BCUT2D eigenvalue weighted by molar-refractivity contribution is 0.152. The molecule has 5 heteroatoms. The van der Waals surface area contributed by atoms with Gasteiger partial charge in [-0.2, -0.15) is 0 Å². The van der Waals surface area contributed by atoms with Crippen LogP contribution in [-0.2, 0) is 10.0 Å². The van der Waals surface area contributed by atoms with Crippen LogP contribution in [0.5, 0.6) is 0 Å². The molecule has 1 atom stereocenters. The maximum Gasteiger partial charge on any atom is 0.233 e. The number of nitrogens with one attached hydrogen (secondary N) is 1. The van der Waals surface area contributed by atoms with E-state index in [1.165, 1.54) is 6.08 Å². The van der Waals surface area contributed by atoms with Crippen molar-refractivity contribution in [2.75, 3.05) is 6.54 Å². The first-order chi connectivity index (χ1) is 9.28. The molecular formula is C15H23NO3S. The van der Waals surface area contributed by atoms with E-state index in [0.717, 1.165) is 16.5 Å². The van der Waals surface area contributed by atoms with Gasteiger partial charge in [-0.15, -0.1) is 0 Å². The Labute approximate surface area is 121 Å². The summed E-state index contributed by atoms with van der Waals surface area (Å²) in [6, 6.07) is 7.56. The topological polar surface area (TPSA) is 66.4 Å². The van der Waals surface area contributed by atoms with Crippen molar-refractivity contribution in [2.24, 2.45) is 5.92 Å². The summed E-state index contributed by atoms with van der Waals surface area (Å²) in [5.41, 5.74) is 1.95. The van der Waals surface area contributed by atoms with E-state index in [4.69, 9.17) is 0 Å². The Balaban J connectivity index is 2.55. The molecular weight excluding hydrogens is 274 g/mol. The Bertz CT molecular complexity index is 533. The summed E-state index contributed by atoms with van der Waals surface area (Å²) in [5.74, 6) is 0.331. The molecule has 112 valence electrons. The van der Waals surface area contributed by atoms with Crippen molar-refractivity contribution in [1.82, 2.24) is 4.72 Å². The average Bonchev–Trinajstić information content (AvgIpc) is 2.35. The van der Waals surface area contributed by atoms with Gasteiger partial charge in [0, 0.05) is 12.0 Å². The molecule has 0 bridgehead atoms. The standard InChI is InChI=1S/C15H23NO3S/c1-12(2)10-15(17)11-16-20(18,19)9-8-14-6-4-13(3)5-7-14/h4-9,12,15-17H,10-11H2,1-3H3/b9-8+. The van der Waals surface area contributed by atoms with Crippen molar-refractivity contribution in [1.29, 1.82) is 0 Å². The van der Waals surface area contributed by atoms with Gasteiger partial charge in [0.05, 0.1) is 6.10 Å². The second kappa shape index (κ2) is 7.57. The van der Waals surface area contributed by atoms with E-state index in [2.05, 4.69) is 4.72 Å². The second-order valence-electron chi connectivity index (χ2n) is 5.39. The summed E-state index contributed by atoms with van der Waals surface area (Å²) in [5, 5.41) is 10.8. The molecule has 0 aliphatic heterocycles. The normalized spacial score (nSPS) is 14.1. The molecule has 0 aliphatic carbocycles. The fourth-order valence-corrected chi connectivity index (χ4v) is 2.59. The third-order valence-corrected chi connectivity index (χ3v) is 3.84. The van der Waals surface area contributed by atoms with Crippen LogP contribution in [0.3, 0.4) is 0 Å². The van der Waals surface area contributed by atoms with E-state index >= 15 is 0 Å². The molecule has 0 aromatic heterocycles. The molecule has 0 aliphatic rings. The molecule has 1 aromatic rings. The van der Waals surface area contributed by atoms with E-state index in [-0.39, 0.29) is 6.54 Å². The molecule has 0 heterocycles. The number of aliphatic hydroxyl groups excluding tert-OH is 1. The van der Waals surface area contributed by atoms with Crippen molar-refractivity contribution < 1.29 is 13.5 Å². The molecule has 0 saturated carbocycles. The number of hydrogen-bond donors (Lipinski definition) is 2. The molecule has 4 nitrogen and oxygen atoms in total. The Morgan fingerprint density at radius 1 is 1.25 bits per heavy atom. The first-order valence-electron chi connectivity index (χ1n) is 6.71. The quantitative estimate of drug-likeness (QED) is 0.811. The molecule has 1 rings (SSSR count). The van der Waals surface area contributed by atoms with E-state index in [0.29, 0.717) is 12.3 Å². The van der Waals surface area contributed by atoms with Crippen molar-refractivity contribution in [2.45, 2.75) is 33.3 Å². The highest BCUT2D eigenvalue weighted by Crippen LogP contribution is 2.07. The summed E-state index contributed by atoms with van der Waals surface area (Å²) in [7, 11) is -3.51. The van der Waals surface area contributed by atoms with Gasteiger partial charge in [-0.05, 0) is 30.9 Å². The largest absolute Gasteiger partial charge is 0.392 e. The van der Waals surface area contributed by atoms with Gasteiger partial charge >= 0.3 is 0 Å². The van der Waals surface area contributed by atoms with Crippen LogP contribution >= 0.6 is 0 Å². The van der Waals surface area contributed by atoms with Crippen molar-refractivity contribution in [3.8, 4) is 0 Å². The van der Waals surface area contributed by atoms with Gasteiger partial charge in [0.15, 0.2) is 0 Å². The average molecular weight is 297 g/mol. The maximum atomic E-state index is 11.8. The summed E-state index contributed by atoms with van der Waals surface area (Å²) in [4.78, 5) is 0. The number of benzene rings is 1. The summed E-state index contributed by atoms with van der Waals surface area (Å²) < 4.78 is 25.9. The first-order valence-corrected chi connectivity index (χ1v) is 8.25. The van der Waals surface area contributed by atoms with Gasteiger partial charge in [0.1, 0.15) is 0 Å². The van der Waals surface area contributed by atoms with Gasteiger partial charge in [0.2, 0.25) is 10.0 Å². The lowest BCUT2D eigenvalue weighted by Gasteiger charge is -2.12. The predicted molar refractivity (Wildman–Crippen MR) is 82.6 cm³/mol. The molecule has 0 amide bonds. The summed E-state index contributed by atoms with van der Waals surface area (Å²) in [6.45, 7) is 5.98. The molecule has 1 unspecified atom stereocenters. The predicted octanol–water partition coefficient (Wildman–Crippen LogP) is 2.29. The fourth-order valence-electron chi connectivity index (χ4n) is 1.73. The van der Waals surface area contributed by atoms with Crippen LogP contribution < -0.4 is 4.72 Å². The Morgan fingerprint density at radius 3 is 2.40 bits per heavy atom. The lowest BCUT2D eigenvalue weighted by atomic mass is 10.1. The first kappa shape index (κ1) is 16.9. The SMILES string of the molecule is Cc1ccc(/C=C/S(=O)(=O)NCC(O)CC(C)C)cc1. The second-order valence-corrected chi connectivity index (χ2v) is 7.04. The minimum Gasteiger partial charge on any atom is -0.392 e. The zero-order valence-corrected chi connectivity index (χ0v) is 13.0. The monoisotopic (exact) mass is 297 g/mol. The van der Waals surface area contributed by atoms with Crippen LogP contribution in [-0.4, -0.2) is 26.2 Å². The lowest BCUT2D eigenvalue weighted by Crippen LogP contribution is -2.31. The van der Waals surface area contributed by atoms with E-state index < -0.39 is 16.1 Å². The molecule has 0 saturated heterocycles. The molecule has 0 fully saturated rings. The molecule has 20 heavy (non-hydrogen) atoms. The van der Waals surface area contributed by atoms with Gasteiger partial charge in [-0.25, -0.2) is 13.1 Å². The summed E-state index contributed by atoms with van der Waals surface area (Å²) in [6.07, 6.45) is 1.46. The van der Waals surface area contributed by atoms with Crippen molar-refractivity contribution in [3.05, 3.63) is 40.8 Å². The minimum absolute atomic E-state index is 0.0404. The van der Waals surface area contributed by atoms with Gasteiger partial charge in [-0.3, -0.25) is 0 Å². The van der Waals surface area contributed by atoms with Gasteiger partial charge < -0.3 is 5.11 Å². The number of aliphatic hydroxyl groups is 1. The molecule has 2 N–H and O–H groups in total. The Hall–Kier alpha value is -1.17. The number of sulfonamides is 1. The Morgan fingerprint density at radius 2 is 1.85 bits per heavy atom. The van der Waals surface area contributed by atoms with E-state index in [1.807, 2.05) is 45.0 Å². The number of aryl methyl sites for hydroxylation is 1. The summed E-state index contributed by atoms with van der Waals surface area (Å²) >= 11 is 0. The maximum absolute atomic E-state index is 11.8. The van der Waals surface area contributed by atoms with E-state index in [1.54, 1.807) is 0 Å². The third kappa shape index (κ3) is 6.84. The van der Waals surface area contributed by atoms with E-state index in [9.17, 15) is 13.5 Å². The minimum atomic E-state index is -3.51. The highest BCUT2D eigenvalue weighted by molar-refractivity contribution is 7.92. The fraction of sp³-hybridized carbons (Fsp3) is 0.467. The van der Waals surface area contributed by atoms with Gasteiger partial charge in [-0.1, -0.05) is 43.7 Å². The van der Waals surface area contributed by atoms with Crippen LogP contribution in [0, 0.1) is 12.8 Å². The molecule has 0 spiro atoms.